The predicted molar refractivity (Wildman–Crippen MR) is 206 cm³/mol. The molecule has 13 heteroatoms. The molecule has 9 nitrogen and oxygen atoms in total. The number of nitrogens with one attached hydrogen (secondary N) is 1. The summed E-state index contributed by atoms with van der Waals surface area (Å²) < 4.78 is 15.2. The summed E-state index contributed by atoms with van der Waals surface area (Å²) in [4.78, 5) is 34.9. The first-order valence-electron chi connectivity index (χ1n) is 17.2. The molecule has 1 aliphatic heterocycles. The van der Waals surface area contributed by atoms with Crippen LogP contribution in [0.3, 0.4) is 0 Å². The maximum Gasteiger partial charge on any atom is 0.407 e. The van der Waals surface area contributed by atoms with E-state index in [4.69, 9.17) is 19.3 Å². The van der Waals surface area contributed by atoms with E-state index in [1.54, 1.807) is 54.8 Å². The van der Waals surface area contributed by atoms with Gasteiger partial charge in [-0.1, -0.05) is 0 Å². The van der Waals surface area contributed by atoms with Gasteiger partial charge in [0.2, 0.25) is 0 Å². The quantitative estimate of drug-likeness (QED) is 0.0917. The molecule has 1 fully saturated rings. The van der Waals surface area contributed by atoms with Gasteiger partial charge in [0.05, 0.1) is 28.0 Å². The second-order valence-corrected chi connectivity index (χ2v) is 17.0. The molecule has 0 aliphatic carbocycles. The van der Waals surface area contributed by atoms with E-state index < -0.39 is 17.7 Å². The summed E-state index contributed by atoms with van der Waals surface area (Å²) in [5.41, 5.74) is 4.41. The zero-order valence-corrected chi connectivity index (χ0v) is 33.4. The molecule has 5 rings (SSSR count). The fourth-order valence-corrected chi connectivity index (χ4v) is 7.88. The topological polar surface area (TPSA) is 120 Å². The molecular formula is C37H53N3O6S4. The number of hydrogen-bond acceptors (Lipinski definition) is 12. The Labute approximate surface area is 313 Å². The lowest BCUT2D eigenvalue weighted by Gasteiger charge is -2.19. The second kappa shape index (κ2) is 23.0. The van der Waals surface area contributed by atoms with Crippen LogP contribution in [0, 0.1) is 13.8 Å². The van der Waals surface area contributed by atoms with Gasteiger partial charge in [-0.15, -0.1) is 45.3 Å². The Balaban J connectivity index is 0.000000257. The third kappa shape index (κ3) is 18.5. The van der Waals surface area contributed by atoms with Crippen molar-refractivity contribution in [3.63, 3.8) is 0 Å². The molecule has 1 aliphatic rings. The van der Waals surface area contributed by atoms with E-state index in [2.05, 4.69) is 48.9 Å². The fraction of sp³-hybridized carbons (Fsp3) is 0.568. The summed E-state index contributed by atoms with van der Waals surface area (Å²) in [5, 5.41) is 22.1. The highest BCUT2D eigenvalue weighted by molar-refractivity contribution is 7.10. The molecule has 5 heterocycles. The summed E-state index contributed by atoms with van der Waals surface area (Å²) in [6, 6.07) is 4.48. The minimum absolute atomic E-state index is 0.192. The molecule has 276 valence electrons. The van der Waals surface area contributed by atoms with Crippen molar-refractivity contribution < 1.29 is 28.9 Å². The third-order valence-electron chi connectivity index (χ3n) is 7.10. The Morgan fingerprint density at radius 3 is 1.78 bits per heavy atom. The van der Waals surface area contributed by atoms with Crippen molar-refractivity contribution >= 4 is 57.4 Å². The average molecular weight is 764 g/mol. The zero-order valence-electron chi connectivity index (χ0n) is 30.1. The molecule has 0 bridgehead atoms. The van der Waals surface area contributed by atoms with Crippen LogP contribution in [0.2, 0.25) is 0 Å². The number of aromatic nitrogens is 2. The molecule has 0 atom stereocenters. The first-order valence-corrected chi connectivity index (χ1v) is 20.8. The number of aliphatic hydroxyl groups is 1. The van der Waals surface area contributed by atoms with Gasteiger partial charge >= 0.3 is 12.1 Å². The largest absolute Gasteiger partial charge is 0.459 e. The van der Waals surface area contributed by atoms with Crippen LogP contribution in [0.4, 0.5) is 4.79 Å². The van der Waals surface area contributed by atoms with Crippen LogP contribution in [0.25, 0.3) is 0 Å². The Morgan fingerprint density at radius 1 is 0.800 bits per heavy atom. The number of nitrogens with zero attached hydrogens (tertiary/aromatic N) is 2. The van der Waals surface area contributed by atoms with E-state index in [1.807, 2.05) is 25.2 Å². The van der Waals surface area contributed by atoms with Gasteiger partial charge in [0.1, 0.15) is 12.1 Å². The van der Waals surface area contributed by atoms with Crippen LogP contribution in [0.1, 0.15) is 88.7 Å². The van der Waals surface area contributed by atoms with E-state index in [0.29, 0.717) is 6.61 Å². The second-order valence-electron chi connectivity index (χ2n) is 12.9. The number of carbonyl (C=O) groups is 2. The maximum absolute atomic E-state index is 11.6. The molecule has 50 heavy (non-hydrogen) atoms. The molecule has 1 amide bonds. The van der Waals surface area contributed by atoms with Crippen molar-refractivity contribution in [3.8, 4) is 0 Å². The van der Waals surface area contributed by atoms with E-state index in [-0.39, 0.29) is 13.2 Å². The molecule has 0 radical (unpaired) electrons. The number of esters is 1. The van der Waals surface area contributed by atoms with Gasteiger partial charge in [0.15, 0.2) is 0 Å². The van der Waals surface area contributed by atoms with Crippen molar-refractivity contribution in [2.45, 2.75) is 104 Å². The molecular weight excluding hydrogens is 711 g/mol. The van der Waals surface area contributed by atoms with Crippen molar-refractivity contribution in [1.29, 1.82) is 0 Å². The van der Waals surface area contributed by atoms with Crippen LogP contribution in [0.15, 0.2) is 33.7 Å². The summed E-state index contributed by atoms with van der Waals surface area (Å²) in [6.45, 7) is 11.8. The van der Waals surface area contributed by atoms with Crippen LogP contribution >= 0.6 is 45.3 Å². The SMILES string of the molecule is C1CCOC1.Cc1nc(CCc2cc(CCCO)cs2)cs1.Cc1nc(CCc2cc(CCCOC(=O)NCC(=O)OC(C)(C)C)cs2)cs1. The Kier molecular flexibility index (Phi) is 19.2. The molecule has 1 saturated heterocycles. The number of aliphatic hydroxyl groups excluding tert-OH is 1. The summed E-state index contributed by atoms with van der Waals surface area (Å²) in [5.74, 6) is -0.483. The van der Waals surface area contributed by atoms with Gasteiger partial charge in [0.25, 0.3) is 0 Å². The number of carbonyl (C=O) groups excluding carboxylic acids is 2. The lowest BCUT2D eigenvalue weighted by molar-refractivity contribution is -0.153. The number of ether oxygens (including phenoxy) is 3. The monoisotopic (exact) mass is 763 g/mol. The predicted octanol–water partition coefficient (Wildman–Crippen LogP) is 8.32. The van der Waals surface area contributed by atoms with E-state index in [0.717, 1.165) is 80.3 Å². The average Bonchev–Trinajstić information content (AvgIpc) is 3.92. The third-order valence-corrected chi connectivity index (χ3v) is 10.8. The minimum Gasteiger partial charge on any atom is -0.459 e. The van der Waals surface area contributed by atoms with Gasteiger partial charge in [-0.05, 0) is 133 Å². The Bertz CT molecular complexity index is 1530. The molecule has 0 spiro atoms. The first kappa shape index (κ1) is 41.7. The van der Waals surface area contributed by atoms with Crippen molar-refractivity contribution in [3.05, 3.63) is 75.9 Å². The van der Waals surface area contributed by atoms with Gasteiger partial charge in [-0.2, -0.15) is 0 Å². The number of thiophene rings is 2. The minimum atomic E-state index is -0.601. The normalized spacial score (nSPS) is 12.4. The number of alkyl carbamates (subject to hydrolysis) is 1. The van der Waals surface area contributed by atoms with Crippen LogP contribution < -0.4 is 5.32 Å². The number of hydrogen-bond donors (Lipinski definition) is 2. The number of amides is 1. The van der Waals surface area contributed by atoms with Gasteiger partial charge in [0, 0.05) is 40.3 Å². The molecule has 4 aromatic heterocycles. The lowest BCUT2D eigenvalue weighted by Crippen LogP contribution is -2.35. The Hall–Kier alpha value is -2.68. The van der Waals surface area contributed by atoms with Crippen LogP contribution in [-0.2, 0) is 57.5 Å². The highest BCUT2D eigenvalue weighted by Crippen LogP contribution is 2.20. The number of rotatable bonds is 15. The maximum atomic E-state index is 11.6. The van der Waals surface area contributed by atoms with Crippen molar-refractivity contribution in [1.82, 2.24) is 15.3 Å². The standard InChI is InChI=1S/C20H28N2O4S2.C13H17NOS2.C4H8O/c1-14-22-16(13-27-14)7-8-17-10-15(12-28-17)6-5-9-25-19(24)21-11-18(23)26-20(2,3)4;1-10-14-12(9-16-10)4-5-13-7-11(8-17-13)3-2-6-15;1-2-4-5-3-1/h10,12-13H,5-9,11H2,1-4H3,(H,21,24);7-9,15H,2-6H2,1H3;1-4H2. The van der Waals surface area contributed by atoms with Gasteiger partial charge < -0.3 is 24.6 Å². The zero-order chi connectivity index (χ0) is 36.2. The van der Waals surface area contributed by atoms with Crippen molar-refractivity contribution in [2.75, 3.05) is 33.0 Å². The fourth-order valence-electron chi connectivity index (χ4n) is 4.73. The summed E-state index contributed by atoms with van der Waals surface area (Å²) in [7, 11) is 0. The summed E-state index contributed by atoms with van der Waals surface area (Å²) >= 11 is 6.99. The molecule has 0 saturated carbocycles. The molecule has 2 N–H and O–H groups in total. The summed E-state index contributed by atoms with van der Waals surface area (Å²) in [6.07, 6.45) is 9.47. The van der Waals surface area contributed by atoms with Gasteiger partial charge in [-0.3, -0.25) is 4.79 Å². The number of thiazole rings is 2. The molecule has 4 aromatic rings. The highest BCUT2D eigenvalue weighted by Gasteiger charge is 2.17. The van der Waals surface area contributed by atoms with Crippen molar-refractivity contribution in [2.24, 2.45) is 0 Å². The van der Waals surface area contributed by atoms with Crippen LogP contribution in [0.5, 0.6) is 0 Å². The first-order chi connectivity index (χ1) is 24.0. The Morgan fingerprint density at radius 2 is 1.34 bits per heavy atom. The molecule has 0 aromatic carbocycles. The smallest absolute Gasteiger partial charge is 0.407 e. The van der Waals surface area contributed by atoms with E-state index in [1.165, 1.54) is 39.4 Å². The lowest BCUT2D eigenvalue weighted by atomic mass is 10.1. The molecule has 0 unspecified atom stereocenters. The van der Waals surface area contributed by atoms with Crippen LogP contribution in [-0.4, -0.2) is 65.7 Å². The van der Waals surface area contributed by atoms with E-state index >= 15 is 0 Å². The van der Waals surface area contributed by atoms with Gasteiger partial charge in [-0.25, -0.2) is 14.8 Å². The highest BCUT2D eigenvalue weighted by atomic mass is 32.1. The van der Waals surface area contributed by atoms with E-state index in [9.17, 15) is 9.59 Å². The number of aryl methyl sites for hydroxylation is 8.